The second-order valence-electron chi connectivity index (χ2n) is 5.46. The van der Waals surface area contributed by atoms with Gasteiger partial charge in [0.15, 0.2) is 0 Å². The van der Waals surface area contributed by atoms with E-state index in [-0.39, 0.29) is 11.9 Å². The first-order valence-electron chi connectivity index (χ1n) is 9.17. The van der Waals surface area contributed by atoms with Gasteiger partial charge in [0.05, 0.1) is 13.2 Å². The Morgan fingerprint density at radius 1 is 0.583 bits per heavy atom. The maximum atomic E-state index is 11.5. The fourth-order valence-corrected chi connectivity index (χ4v) is 1.96. The van der Waals surface area contributed by atoms with Crippen LogP contribution in [-0.2, 0) is 28.5 Å². The van der Waals surface area contributed by atoms with Crippen LogP contribution < -0.4 is 0 Å². The van der Waals surface area contributed by atoms with Crippen LogP contribution in [0.4, 0.5) is 0 Å². The number of rotatable bonds is 17. The minimum atomic E-state index is -0.198. The predicted octanol–water partition coefficient (Wildman–Crippen LogP) is 3.27. The standard InChI is InChI=1S/C18H34O6/c1-3-21-13-7-9-15-23-17(19)11-5-6-12-18(20)24-16-10-8-14-22-4-2/h3-16H2,1-2H3. The van der Waals surface area contributed by atoms with Gasteiger partial charge in [-0.3, -0.25) is 9.59 Å². The number of carbonyl (C=O) groups excluding carboxylic acids is 2. The summed E-state index contributed by atoms with van der Waals surface area (Å²) in [4.78, 5) is 23.0. The summed E-state index contributed by atoms with van der Waals surface area (Å²) in [5, 5.41) is 0. The molecule has 0 aliphatic rings. The predicted molar refractivity (Wildman–Crippen MR) is 91.8 cm³/mol. The molecule has 0 spiro atoms. The third-order valence-corrected chi connectivity index (χ3v) is 3.31. The largest absolute Gasteiger partial charge is 0.466 e. The summed E-state index contributed by atoms with van der Waals surface area (Å²) in [6.07, 6.45) is 5.45. The van der Waals surface area contributed by atoms with Crippen molar-refractivity contribution in [2.75, 3.05) is 39.6 Å². The highest BCUT2D eigenvalue weighted by atomic mass is 16.5. The average molecular weight is 346 g/mol. The van der Waals surface area contributed by atoms with E-state index in [0.29, 0.717) is 52.1 Å². The molecule has 0 saturated heterocycles. The molecule has 0 unspecified atom stereocenters. The maximum absolute atomic E-state index is 11.5. The Kier molecular flexibility index (Phi) is 17.3. The second-order valence-corrected chi connectivity index (χ2v) is 5.46. The molecule has 0 radical (unpaired) electrons. The van der Waals surface area contributed by atoms with Crippen LogP contribution in [0.5, 0.6) is 0 Å². The minimum Gasteiger partial charge on any atom is -0.466 e. The van der Waals surface area contributed by atoms with E-state index in [2.05, 4.69) is 0 Å². The Labute approximate surface area is 146 Å². The average Bonchev–Trinajstić information content (AvgIpc) is 2.58. The molecule has 0 aromatic carbocycles. The van der Waals surface area contributed by atoms with Crippen molar-refractivity contribution in [3.05, 3.63) is 0 Å². The molecular weight excluding hydrogens is 312 g/mol. The van der Waals surface area contributed by atoms with Gasteiger partial charge in [-0.15, -0.1) is 0 Å². The van der Waals surface area contributed by atoms with Gasteiger partial charge in [0.25, 0.3) is 0 Å². The van der Waals surface area contributed by atoms with E-state index in [4.69, 9.17) is 18.9 Å². The summed E-state index contributed by atoms with van der Waals surface area (Å²) in [5.41, 5.74) is 0. The summed E-state index contributed by atoms with van der Waals surface area (Å²) in [7, 11) is 0. The van der Waals surface area contributed by atoms with E-state index >= 15 is 0 Å². The van der Waals surface area contributed by atoms with Gasteiger partial charge in [0.2, 0.25) is 0 Å². The van der Waals surface area contributed by atoms with Gasteiger partial charge in [0.1, 0.15) is 0 Å². The molecule has 0 aliphatic heterocycles. The maximum Gasteiger partial charge on any atom is 0.305 e. The zero-order valence-electron chi connectivity index (χ0n) is 15.3. The summed E-state index contributed by atoms with van der Waals surface area (Å²) < 4.78 is 20.6. The number of hydrogen-bond donors (Lipinski definition) is 0. The number of ether oxygens (including phenoxy) is 4. The SMILES string of the molecule is CCOCCCCOC(=O)CCCCC(=O)OCCCCOCC. The monoisotopic (exact) mass is 346 g/mol. The molecule has 0 aromatic heterocycles. The lowest BCUT2D eigenvalue weighted by Gasteiger charge is -2.06. The van der Waals surface area contributed by atoms with E-state index in [0.717, 1.165) is 38.9 Å². The first-order valence-corrected chi connectivity index (χ1v) is 9.17. The number of esters is 2. The van der Waals surface area contributed by atoms with Crippen LogP contribution >= 0.6 is 0 Å². The van der Waals surface area contributed by atoms with Crippen molar-refractivity contribution in [2.24, 2.45) is 0 Å². The van der Waals surface area contributed by atoms with Gasteiger partial charge < -0.3 is 18.9 Å². The highest BCUT2D eigenvalue weighted by Crippen LogP contribution is 2.04. The summed E-state index contributed by atoms with van der Waals surface area (Å²) in [6, 6.07) is 0. The van der Waals surface area contributed by atoms with E-state index in [1.807, 2.05) is 13.8 Å². The molecule has 0 heterocycles. The molecular formula is C18H34O6. The van der Waals surface area contributed by atoms with Crippen LogP contribution in [0.1, 0.15) is 65.2 Å². The van der Waals surface area contributed by atoms with Crippen molar-refractivity contribution >= 4 is 11.9 Å². The smallest absolute Gasteiger partial charge is 0.305 e. The second kappa shape index (κ2) is 18.2. The van der Waals surface area contributed by atoms with Crippen molar-refractivity contribution in [1.82, 2.24) is 0 Å². The fourth-order valence-electron chi connectivity index (χ4n) is 1.96. The van der Waals surface area contributed by atoms with E-state index < -0.39 is 0 Å². The number of unbranched alkanes of at least 4 members (excludes halogenated alkanes) is 3. The minimum absolute atomic E-state index is 0.198. The van der Waals surface area contributed by atoms with Crippen molar-refractivity contribution < 1.29 is 28.5 Å². The topological polar surface area (TPSA) is 71.1 Å². The van der Waals surface area contributed by atoms with Crippen LogP contribution in [0.2, 0.25) is 0 Å². The molecule has 0 atom stereocenters. The van der Waals surface area contributed by atoms with Crippen LogP contribution in [-0.4, -0.2) is 51.6 Å². The molecule has 0 aliphatic carbocycles. The van der Waals surface area contributed by atoms with Crippen LogP contribution in [0.15, 0.2) is 0 Å². The molecule has 0 amide bonds. The molecule has 0 fully saturated rings. The lowest BCUT2D eigenvalue weighted by Crippen LogP contribution is -2.08. The molecule has 24 heavy (non-hydrogen) atoms. The van der Waals surface area contributed by atoms with Gasteiger partial charge in [-0.25, -0.2) is 0 Å². The molecule has 6 heteroatoms. The van der Waals surface area contributed by atoms with Gasteiger partial charge in [-0.1, -0.05) is 0 Å². The first kappa shape index (κ1) is 22.9. The Hall–Kier alpha value is -1.14. The van der Waals surface area contributed by atoms with Crippen molar-refractivity contribution in [1.29, 1.82) is 0 Å². The van der Waals surface area contributed by atoms with Crippen LogP contribution in [0.25, 0.3) is 0 Å². The van der Waals surface area contributed by atoms with E-state index in [9.17, 15) is 9.59 Å². The Balaban J connectivity index is 3.31. The highest BCUT2D eigenvalue weighted by Gasteiger charge is 2.06. The van der Waals surface area contributed by atoms with E-state index in [1.165, 1.54) is 0 Å². The fraction of sp³-hybridized carbons (Fsp3) is 0.889. The Morgan fingerprint density at radius 2 is 0.958 bits per heavy atom. The third kappa shape index (κ3) is 17.2. The Morgan fingerprint density at radius 3 is 1.33 bits per heavy atom. The lowest BCUT2D eigenvalue weighted by molar-refractivity contribution is -0.146. The summed E-state index contributed by atoms with van der Waals surface area (Å²) in [6.45, 7) is 7.65. The lowest BCUT2D eigenvalue weighted by atomic mass is 10.2. The zero-order valence-corrected chi connectivity index (χ0v) is 15.3. The normalized spacial score (nSPS) is 10.6. The molecule has 0 bridgehead atoms. The van der Waals surface area contributed by atoms with Gasteiger partial charge in [-0.05, 0) is 52.4 Å². The molecule has 0 rings (SSSR count). The molecule has 0 saturated carbocycles. The van der Waals surface area contributed by atoms with Crippen molar-refractivity contribution in [3.63, 3.8) is 0 Å². The van der Waals surface area contributed by atoms with Crippen molar-refractivity contribution in [2.45, 2.75) is 65.2 Å². The van der Waals surface area contributed by atoms with Crippen LogP contribution in [0.3, 0.4) is 0 Å². The summed E-state index contributed by atoms with van der Waals surface area (Å²) in [5.74, 6) is -0.397. The Bertz CT molecular complexity index is 276. The van der Waals surface area contributed by atoms with Gasteiger partial charge in [0, 0.05) is 39.3 Å². The molecule has 6 nitrogen and oxygen atoms in total. The third-order valence-electron chi connectivity index (χ3n) is 3.31. The number of hydrogen-bond acceptors (Lipinski definition) is 6. The van der Waals surface area contributed by atoms with Gasteiger partial charge in [-0.2, -0.15) is 0 Å². The molecule has 0 aromatic rings. The van der Waals surface area contributed by atoms with Gasteiger partial charge >= 0.3 is 11.9 Å². The van der Waals surface area contributed by atoms with E-state index in [1.54, 1.807) is 0 Å². The zero-order chi connectivity index (χ0) is 17.9. The quantitative estimate of drug-likeness (QED) is 0.297. The number of carbonyl (C=O) groups is 2. The highest BCUT2D eigenvalue weighted by molar-refractivity contribution is 5.70. The summed E-state index contributed by atoms with van der Waals surface area (Å²) >= 11 is 0. The van der Waals surface area contributed by atoms with Crippen LogP contribution in [0, 0.1) is 0 Å². The molecule has 142 valence electrons. The molecule has 0 N–H and O–H groups in total. The first-order chi connectivity index (χ1) is 11.7. The van der Waals surface area contributed by atoms with Crippen molar-refractivity contribution in [3.8, 4) is 0 Å².